The highest BCUT2D eigenvalue weighted by Crippen LogP contribution is 2.11. The van der Waals surface area contributed by atoms with E-state index in [4.69, 9.17) is 17.0 Å². The molecule has 1 atom stereocenters. The first-order valence-corrected chi connectivity index (χ1v) is 8.45. The Balaban J connectivity index is 3.18. The van der Waals surface area contributed by atoms with E-state index in [1.807, 2.05) is 6.92 Å². The fourth-order valence-corrected chi connectivity index (χ4v) is 2.17. The van der Waals surface area contributed by atoms with Gasteiger partial charge in [-0.1, -0.05) is 65.2 Å². The second kappa shape index (κ2) is 14.3. The highest BCUT2D eigenvalue weighted by molar-refractivity contribution is 7.80. The van der Waals surface area contributed by atoms with E-state index >= 15 is 0 Å². The molecule has 0 fully saturated rings. The van der Waals surface area contributed by atoms with E-state index < -0.39 is 0 Å². The molecule has 0 bridgehead atoms. The Labute approximate surface area is 124 Å². The van der Waals surface area contributed by atoms with E-state index in [1.165, 1.54) is 51.4 Å². The van der Waals surface area contributed by atoms with Crippen LogP contribution < -0.4 is 0 Å². The summed E-state index contributed by atoms with van der Waals surface area (Å²) in [5.74, 6) is 0. The van der Waals surface area contributed by atoms with Crippen LogP contribution in [-0.4, -0.2) is 22.9 Å². The van der Waals surface area contributed by atoms with Crippen molar-refractivity contribution in [3.8, 4) is 0 Å². The van der Waals surface area contributed by atoms with Gasteiger partial charge in [0.15, 0.2) is 5.05 Å². The zero-order valence-electron chi connectivity index (χ0n) is 12.8. The Morgan fingerprint density at radius 3 is 2.00 bits per heavy atom. The maximum atomic E-state index is 9.35. The van der Waals surface area contributed by atoms with Gasteiger partial charge in [0, 0.05) is 6.42 Å². The van der Waals surface area contributed by atoms with Crippen molar-refractivity contribution in [2.45, 2.75) is 90.6 Å². The predicted molar refractivity (Wildman–Crippen MR) is 86.7 cm³/mol. The molecule has 0 aromatic rings. The van der Waals surface area contributed by atoms with Crippen LogP contribution >= 0.6 is 12.2 Å². The van der Waals surface area contributed by atoms with Gasteiger partial charge in [0.25, 0.3) is 0 Å². The van der Waals surface area contributed by atoms with Crippen molar-refractivity contribution >= 4 is 17.3 Å². The Bertz CT molecular complexity index is 207. The summed E-state index contributed by atoms with van der Waals surface area (Å²) in [5.41, 5.74) is 0. The van der Waals surface area contributed by atoms with Gasteiger partial charge in [-0.2, -0.15) is 0 Å². The van der Waals surface area contributed by atoms with Gasteiger partial charge >= 0.3 is 0 Å². The average Bonchev–Trinajstić information content (AvgIpc) is 2.42. The average molecular weight is 288 g/mol. The normalized spacial score (nSPS) is 12.4. The molecule has 0 saturated carbocycles. The van der Waals surface area contributed by atoms with Gasteiger partial charge in [-0.3, -0.25) is 0 Å². The number of ether oxygens (including phenoxy) is 1. The molecular formula is C16H32O2S. The maximum absolute atomic E-state index is 9.35. The molecule has 0 saturated heterocycles. The Morgan fingerprint density at radius 2 is 1.47 bits per heavy atom. The molecule has 0 aromatic carbocycles. The van der Waals surface area contributed by atoms with Crippen molar-refractivity contribution in [3.05, 3.63) is 0 Å². The molecule has 1 N–H and O–H groups in total. The van der Waals surface area contributed by atoms with Crippen molar-refractivity contribution in [1.82, 2.24) is 0 Å². The molecule has 114 valence electrons. The zero-order chi connectivity index (χ0) is 14.3. The molecule has 0 spiro atoms. The van der Waals surface area contributed by atoms with Gasteiger partial charge in [-0.25, -0.2) is 0 Å². The molecule has 0 rings (SSSR count). The minimum absolute atomic E-state index is 0.354. The van der Waals surface area contributed by atoms with Gasteiger partial charge in [0.2, 0.25) is 0 Å². The van der Waals surface area contributed by atoms with Gasteiger partial charge in [0.1, 0.15) is 6.61 Å². The third kappa shape index (κ3) is 14.1. The minimum atomic E-state index is -0.374. The topological polar surface area (TPSA) is 29.5 Å². The number of aliphatic hydroxyl groups excluding tert-OH is 1. The van der Waals surface area contributed by atoms with Crippen LogP contribution in [-0.2, 0) is 4.74 Å². The molecule has 0 aliphatic rings. The largest absolute Gasteiger partial charge is 0.484 e. The Morgan fingerprint density at radius 1 is 0.947 bits per heavy atom. The van der Waals surface area contributed by atoms with Crippen LogP contribution in [0.5, 0.6) is 0 Å². The van der Waals surface area contributed by atoms with E-state index in [-0.39, 0.29) is 6.10 Å². The summed E-state index contributed by atoms with van der Waals surface area (Å²) >= 11 is 5.14. The highest BCUT2D eigenvalue weighted by atomic mass is 32.1. The molecular weight excluding hydrogens is 256 g/mol. The van der Waals surface area contributed by atoms with Crippen LogP contribution in [0.2, 0.25) is 0 Å². The first-order chi connectivity index (χ1) is 9.20. The van der Waals surface area contributed by atoms with Crippen LogP contribution in [0.4, 0.5) is 0 Å². The number of thiocarbonyl (C=S) groups is 1. The van der Waals surface area contributed by atoms with Gasteiger partial charge in [0.05, 0.1) is 6.10 Å². The van der Waals surface area contributed by atoms with Crippen LogP contribution in [0.3, 0.4) is 0 Å². The monoisotopic (exact) mass is 288 g/mol. The fraction of sp³-hybridized carbons (Fsp3) is 0.938. The molecule has 0 aliphatic heterocycles. The highest BCUT2D eigenvalue weighted by Gasteiger charge is 2.03. The Kier molecular flexibility index (Phi) is 14.2. The zero-order valence-corrected chi connectivity index (χ0v) is 13.6. The first-order valence-electron chi connectivity index (χ1n) is 8.04. The van der Waals surface area contributed by atoms with E-state index in [9.17, 15) is 5.11 Å². The minimum Gasteiger partial charge on any atom is -0.484 e. The summed E-state index contributed by atoms with van der Waals surface area (Å²) in [6.07, 6.45) is 13.1. The smallest absolute Gasteiger partial charge is 0.159 e. The molecule has 0 aliphatic carbocycles. The first kappa shape index (κ1) is 18.9. The molecule has 0 unspecified atom stereocenters. The SMILES string of the molecule is CCCCCCCCCCCC(=S)OC[C@@H](O)CC. The third-order valence-electron chi connectivity index (χ3n) is 3.39. The summed E-state index contributed by atoms with van der Waals surface area (Å²) in [4.78, 5) is 0. The van der Waals surface area contributed by atoms with Crippen LogP contribution in [0.1, 0.15) is 84.5 Å². The lowest BCUT2D eigenvalue weighted by Gasteiger charge is -2.10. The second-order valence-corrected chi connectivity index (χ2v) is 5.78. The van der Waals surface area contributed by atoms with Crippen LogP contribution in [0.25, 0.3) is 0 Å². The third-order valence-corrected chi connectivity index (χ3v) is 3.71. The van der Waals surface area contributed by atoms with Crippen molar-refractivity contribution in [3.63, 3.8) is 0 Å². The van der Waals surface area contributed by atoms with E-state index in [0.717, 1.165) is 19.3 Å². The summed E-state index contributed by atoms with van der Waals surface area (Å²) in [6, 6.07) is 0. The lowest BCUT2D eigenvalue weighted by Crippen LogP contribution is -2.16. The lowest BCUT2D eigenvalue weighted by atomic mass is 10.1. The van der Waals surface area contributed by atoms with E-state index in [1.54, 1.807) is 0 Å². The molecule has 0 aromatic heterocycles. The van der Waals surface area contributed by atoms with Crippen molar-refractivity contribution < 1.29 is 9.84 Å². The molecule has 2 nitrogen and oxygen atoms in total. The van der Waals surface area contributed by atoms with Gasteiger partial charge in [-0.15, -0.1) is 0 Å². The Hall–Kier alpha value is -0.150. The summed E-state index contributed by atoms with van der Waals surface area (Å²) in [5, 5.41) is 10.0. The molecule has 0 amide bonds. The van der Waals surface area contributed by atoms with Crippen molar-refractivity contribution in [1.29, 1.82) is 0 Å². The van der Waals surface area contributed by atoms with Crippen molar-refractivity contribution in [2.75, 3.05) is 6.61 Å². The second-order valence-electron chi connectivity index (χ2n) is 5.32. The van der Waals surface area contributed by atoms with Gasteiger partial charge < -0.3 is 9.84 Å². The van der Waals surface area contributed by atoms with Gasteiger partial charge in [-0.05, 0) is 25.1 Å². The number of hydrogen-bond donors (Lipinski definition) is 1. The molecule has 0 heterocycles. The molecule has 19 heavy (non-hydrogen) atoms. The summed E-state index contributed by atoms with van der Waals surface area (Å²) in [6.45, 7) is 4.55. The van der Waals surface area contributed by atoms with Crippen molar-refractivity contribution in [2.24, 2.45) is 0 Å². The number of hydrogen-bond acceptors (Lipinski definition) is 3. The standard InChI is InChI=1S/C16H32O2S/c1-3-5-6-7-8-9-10-11-12-13-16(19)18-14-15(17)4-2/h15,17H,3-14H2,1-2H3/t15-/m0/s1. The number of aliphatic hydroxyl groups is 1. The lowest BCUT2D eigenvalue weighted by molar-refractivity contribution is 0.0988. The number of rotatable bonds is 13. The quantitative estimate of drug-likeness (QED) is 0.381. The summed E-state index contributed by atoms with van der Waals surface area (Å²) < 4.78 is 5.35. The number of unbranched alkanes of at least 4 members (excludes halogenated alkanes) is 8. The van der Waals surface area contributed by atoms with E-state index in [2.05, 4.69) is 6.92 Å². The molecule has 0 radical (unpaired) electrons. The van der Waals surface area contributed by atoms with Crippen LogP contribution in [0.15, 0.2) is 0 Å². The predicted octanol–water partition coefficient (Wildman–Crippen LogP) is 5.02. The van der Waals surface area contributed by atoms with E-state index in [0.29, 0.717) is 11.7 Å². The summed E-state index contributed by atoms with van der Waals surface area (Å²) in [7, 11) is 0. The van der Waals surface area contributed by atoms with Crippen LogP contribution in [0, 0.1) is 0 Å². The fourth-order valence-electron chi connectivity index (χ4n) is 1.96. The maximum Gasteiger partial charge on any atom is 0.159 e. The molecule has 3 heteroatoms.